The van der Waals surface area contributed by atoms with E-state index in [1.807, 2.05) is 0 Å². The lowest BCUT2D eigenvalue weighted by atomic mass is 10.0. The summed E-state index contributed by atoms with van der Waals surface area (Å²) in [7, 11) is 2.89. The van der Waals surface area contributed by atoms with Crippen molar-refractivity contribution >= 4 is 9.24 Å². The van der Waals surface area contributed by atoms with Crippen LogP contribution >= 0.6 is 9.24 Å². The topological polar surface area (TPSA) is 12.0 Å². The van der Waals surface area contributed by atoms with Gasteiger partial charge in [-0.15, -0.1) is 9.24 Å². The minimum Gasteiger partial charge on any atom is -0.303 e. The van der Waals surface area contributed by atoms with Crippen LogP contribution in [0.1, 0.15) is 41.9 Å². The van der Waals surface area contributed by atoms with Crippen LogP contribution < -0.4 is 5.32 Å². The second-order valence-electron chi connectivity index (χ2n) is 6.19. The maximum atomic E-state index is 3.57. The summed E-state index contributed by atoms with van der Waals surface area (Å²) in [5.41, 5.74) is 5.39. The van der Waals surface area contributed by atoms with Crippen LogP contribution in [0.15, 0.2) is 48.5 Å². The van der Waals surface area contributed by atoms with Crippen molar-refractivity contribution in [1.82, 2.24) is 5.32 Å². The predicted octanol–water partition coefficient (Wildman–Crippen LogP) is 4.86. The molecule has 2 aromatic rings. The summed E-state index contributed by atoms with van der Waals surface area (Å²) in [5.74, 6) is 1.00. The van der Waals surface area contributed by atoms with Gasteiger partial charge in [0.1, 0.15) is 0 Å². The number of nitrogens with one attached hydrogen (secondary N) is 1. The molecule has 21 heavy (non-hydrogen) atoms. The zero-order valence-electron chi connectivity index (χ0n) is 13.3. The molecule has 0 saturated carbocycles. The average molecular weight is 299 g/mol. The quantitative estimate of drug-likeness (QED) is 0.751. The van der Waals surface area contributed by atoms with Gasteiger partial charge in [-0.05, 0) is 36.0 Å². The maximum Gasteiger partial charge on any atom is 0.0466 e. The lowest BCUT2D eigenvalue weighted by molar-refractivity contribution is 0.645. The van der Waals surface area contributed by atoms with Gasteiger partial charge >= 0.3 is 0 Å². The largest absolute Gasteiger partial charge is 0.303 e. The first-order valence-corrected chi connectivity index (χ1v) is 8.34. The van der Waals surface area contributed by atoms with Gasteiger partial charge in [-0.3, -0.25) is 0 Å². The molecule has 0 fully saturated rings. The van der Waals surface area contributed by atoms with Crippen LogP contribution in [0.4, 0.5) is 0 Å². The van der Waals surface area contributed by atoms with E-state index in [0.29, 0.717) is 11.7 Å². The van der Waals surface area contributed by atoms with Gasteiger partial charge in [0.25, 0.3) is 0 Å². The van der Waals surface area contributed by atoms with Gasteiger partial charge in [0, 0.05) is 12.3 Å². The molecule has 2 aromatic carbocycles. The van der Waals surface area contributed by atoms with E-state index in [1.54, 1.807) is 0 Å². The van der Waals surface area contributed by atoms with Crippen molar-refractivity contribution in [2.75, 3.05) is 0 Å². The summed E-state index contributed by atoms with van der Waals surface area (Å²) in [6.07, 6.45) is 1.15. The molecular formula is C19H26NP. The number of hydrogen-bond donors (Lipinski definition) is 1. The third-order valence-electron chi connectivity index (χ3n) is 3.59. The van der Waals surface area contributed by atoms with E-state index in [9.17, 15) is 0 Å². The van der Waals surface area contributed by atoms with Crippen molar-refractivity contribution in [2.24, 2.45) is 5.92 Å². The van der Waals surface area contributed by atoms with Crippen molar-refractivity contribution in [3.8, 4) is 0 Å². The Morgan fingerprint density at radius 2 is 1.71 bits per heavy atom. The van der Waals surface area contributed by atoms with E-state index in [0.717, 1.165) is 13.0 Å². The number of benzene rings is 2. The molecule has 2 heteroatoms. The van der Waals surface area contributed by atoms with E-state index >= 15 is 0 Å². The minimum absolute atomic E-state index is 0.290. The molecular weight excluding hydrogens is 273 g/mol. The third-order valence-corrected chi connectivity index (χ3v) is 4.21. The highest BCUT2D eigenvalue weighted by Crippen LogP contribution is 2.21. The fraction of sp³-hybridized carbons (Fsp3) is 0.368. The molecule has 2 atom stereocenters. The van der Waals surface area contributed by atoms with Crippen molar-refractivity contribution < 1.29 is 0 Å². The summed E-state index contributed by atoms with van der Waals surface area (Å²) < 4.78 is 0. The summed E-state index contributed by atoms with van der Waals surface area (Å²) in [6, 6.07) is 17.6. The second-order valence-corrected chi connectivity index (χ2v) is 6.85. The van der Waals surface area contributed by atoms with Crippen LogP contribution in [-0.4, -0.2) is 0 Å². The molecule has 0 aliphatic carbocycles. The molecule has 0 aliphatic rings. The summed E-state index contributed by atoms with van der Waals surface area (Å²) >= 11 is 0. The highest BCUT2D eigenvalue weighted by Gasteiger charge is 2.05. The van der Waals surface area contributed by atoms with Gasteiger partial charge in [0.15, 0.2) is 0 Å². The van der Waals surface area contributed by atoms with Crippen LogP contribution in [0, 0.1) is 12.8 Å². The Morgan fingerprint density at radius 1 is 1.00 bits per heavy atom. The average Bonchev–Trinajstić information content (AvgIpc) is 2.45. The molecule has 0 radical (unpaired) electrons. The van der Waals surface area contributed by atoms with Crippen LogP contribution in [0.3, 0.4) is 0 Å². The molecule has 0 aliphatic heterocycles. The maximum absolute atomic E-state index is 3.57. The van der Waals surface area contributed by atoms with E-state index in [1.165, 1.54) is 22.3 Å². The Morgan fingerprint density at radius 3 is 2.33 bits per heavy atom. The smallest absolute Gasteiger partial charge is 0.0466 e. The molecule has 112 valence electrons. The van der Waals surface area contributed by atoms with Crippen LogP contribution in [0.25, 0.3) is 0 Å². The number of aryl methyl sites for hydroxylation is 1. The Hall–Kier alpha value is -1.17. The number of hydrogen-bond acceptors (Lipinski definition) is 1. The van der Waals surface area contributed by atoms with Gasteiger partial charge in [-0.2, -0.15) is 0 Å². The van der Waals surface area contributed by atoms with Crippen molar-refractivity contribution in [3.63, 3.8) is 0 Å². The zero-order valence-corrected chi connectivity index (χ0v) is 14.4. The molecule has 2 unspecified atom stereocenters. The molecule has 0 bridgehead atoms. The van der Waals surface area contributed by atoms with E-state index in [2.05, 4.69) is 83.9 Å². The SMILES string of the molecule is Cc1cccc(CNC(P)c2ccc(CC(C)C)cc2)c1. The van der Waals surface area contributed by atoms with Gasteiger partial charge in [0.2, 0.25) is 0 Å². The van der Waals surface area contributed by atoms with Gasteiger partial charge in [-0.1, -0.05) is 67.9 Å². The molecule has 0 amide bonds. The van der Waals surface area contributed by atoms with E-state index in [-0.39, 0.29) is 0 Å². The summed E-state index contributed by atoms with van der Waals surface area (Å²) in [4.78, 5) is 0. The molecule has 0 spiro atoms. The first kappa shape index (κ1) is 16.2. The highest BCUT2D eigenvalue weighted by molar-refractivity contribution is 7.17. The predicted molar refractivity (Wildman–Crippen MR) is 95.5 cm³/mol. The molecule has 2 rings (SSSR count). The third kappa shape index (κ3) is 5.26. The number of rotatable bonds is 6. The molecule has 1 nitrogen and oxygen atoms in total. The highest BCUT2D eigenvalue weighted by atomic mass is 31.0. The summed E-state index contributed by atoms with van der Waals surface area (Å²) in [6.45, 7) is 7.55. The van der Waals surface area contributed by atoms with Crippen LogP contribution in [0.5, 0.6) is 0 Å². The van der Waals surface area contributed by atoms with E-state index in [4.69, 9.17) is 0 Å². The van der Waals surface area contributed by atoms with Crippen LogP contribution in [-0.2, 0) is 13.0 Å². The van der Waals surface area contributed by atoms with Crippen molar-refractivity contribution in [1.29, 1.82) is 0 Å². The summed E-state index contributed by atoms with van der Waals surface area (Å²) in [5, 5.41) is 3.57. The molecule has 0 aromatic heterocycles. The standard InChI is InChI=1S/C19H26NP/c1-14(2)11-16-7-9-18(10-8-16)19(21)20-13-17-6-4-5-15(3)12-17/h4-10,12,14,19-20H,11,13,21H2,1-3H3. The van der Waals surface area contributed by atoms with Gasteiger partial charge in [0.05, 0.1) is 0 Å². The Labute approximate surface area is 131 Å². The van der Waals surface area contributed by atoms with E-state index < -0.39 is 0 Å². The zero-order chi connectivity index (χ0) is 15.2. The molecule has 0 heterocycles. The van der Waals surface area contributed by atoms with Gasteiger partial charge < -0.3 is 5.32 Å². The Balaban J connectivity index is 1.92. The minimum atomic E-state index is 0.290. The normalized spacial score (nSPS) is 12.6. The Kier molecular flexibility index (Phi) is 5.96. The molecule has 1 N–H and O–H groups in total. The van der Waals surface area contributed by atoms with Gasteiger partial charge in [-0.25, -0.2) is 0 Å². The molecule has 0 saturated heterocycles. The monoisotopic (exact) mass is 299 g/mol. The van der Waals surface area contributed by atoms with Crippen molar-refractivity contribution in [2.45, 2.75) is 39.5 Å². The van der Waals surface area contributed by atoms with Crippen molar-refractivity contribution in [3.05, 3.63) is 70.8 Å². The second kappa shape index (κ2) is 7.73. The lowest BCUT2D eigenvalue weighted by Crippen LogP contribution is -2.15. The fourth-order valence-corrected chi connectivity index (χ4v) is 2.84. The van der Waals surface area contributed by atoms with Crippen LogP contribution in [0.2, 0.25) is 0 Å². The Bertz CT molecular complexity index is 560. The fourth-order valence-electron chi connectivity index (χ4n) is 2.50. The first-order chi connectivity index (χ1) is 10.0. The first-order valence-electron chi connectivity index (χ1n) is 7.68. The lowest BCUT2D eigenvalue weighted by Gasteiger charge is -2.15.